The zero-order chi connectivity index (χ0) is 53.4. The number of aldehydes is 1. The van der Waals surface area contributed by atoms with Gasteiger partial charge in [0.2, 0.25) is 12.2 Å². The van der Waals surface area contributed by atoms with Crippen molar-refractivity contribution in [1.29, 1.82) is 0 Å². The van der Waals surface area contributed by atoms with E-state index in [1.54, 1.807) is 0 Å². The van der Waals surface area contributed by atoms with Crippen LogP contribution in [-0.2, 0) is 42.8 Å². The molecule has 0 aromatic carbocycles. The predicted molar refractivity (Wildman–Crippen MR) is 258 cm³/mol. The lowest BCUT2D eigenvalue weighted by Gasteiger charge is -2.71. The van der Waals surface area contributed by atoms with Crippen LogP contribution < -0.4 is 11.1 Å². The lowest BCUT2D eigenvalue weighted by Crippen LogP contribution is -2.69. The van der Waals surface area contributed by atoms with E-state index >= 15 is 4.79 Å². The fourth-order valence-electron chi connectivity index (χ4n) is 15.7. The Kier molecular flexibility index (Phi) is 16.5. The molecule has 24 atom stereocenters. The van der Waals surface area contributed by atoms with E-state index < -0.39 is 145 Å². The predicted octanol–water partition coefficient (Wildman–Crippen LogP) is 0.600. The summed E-state index contributed by atoms with van der Waals surface area (Å²) in [6, 6.07) is -1.34. The highest BCUT2D eigenvalue weighted by Gasteiger charge is 2.72. The average Bonchev–Trinajstić information content (AvgIpc) is 3.33. The van der Waals surface area contributed by atoms with Gasteiger partial charge >= 0.3 is 5.97 Å². The van der Waals surface area contributed by atoms with Crippen molar-refractivity contribution < 1.29 is 88.8 Å². The van der Waals surface area contributed by atoms with E-state index in [1.165, 1.54) is 6.92 Å². The third-order valence-electron chi connectivity index (χ3n) is 20.3. The SMILES string of the molecule is CC1O[C@@H](OC2C(O)[C@@H](NC(=O)CCCCCN)C(CO)O[C@H]2OC(=O)[C@]23CCC(C)(C)CC2C2=CCC4C5(C)CC[C@H](O)[C@](C)(C=O)[C@@H]5CC[C@]4(C)[C@]2(C)C[C@H]3O)C(O)C(O)[C@H]1O[C@@H]1OC[C@@H](O)C(O)C1O. The summed E-state index contributed by atoms with van der Waals surface area (Å²) in [7, 11) is 0. The van der Waals surface area contributed by atoms with E-state index in [9.17, 15) is 55.5 Å². The summed E-state index contributed by atoms with van der Waals surface area (Å²) in [5.74, 6) is -1.72. The van der Waals surface area contributed by atoms with E-state index in [2.05, 4.69) is 46.0 Å². The third-order valence-corrected chi connectivity index (χ3v) is 20.3. The number of aliphatic hydroxyl groups is 9. The van der Waals surface area contributed by atoms with Gasteiger partial charge in [0.05, 0.1) is 43.0 Å². The molecule has 8 aliphatic rings. The fraction of sp³-hybridized carbons (Fsp3) is 0.906. The van der Waals surface area contributed by atoms with Crippen molar-refractivity contribution in [3.63, 3.8) is 0 Å². The molecule has 12 N–H and O–H groups in total. The first-order valence-corrected chi connectivity index (χ1v) is 26.9. The summed E-state index contributed by atoms with van der Waals surface area (Å²) in [4.78, 5) is 41.7. The van der Waals surface area contributed by atoms with Gasteiger partial charge in [-0.1, -0.05) is 59.6 Å². The standard InChI is InChI=1S/C53H86N2O18/c1-26-42(71-44-40(65)37(62)29(58)24-68-44)39(64)41(66)45(69-26)72-43-38(63)36(55-35(61)11-9-8-10-20-54)30(23-56)70-46(43)73-47(67)53-19-18-48(2,3)21-28(53)27-12-13-32-49(4)16-15-33(59)50(5,25-57)31(49)14-17-51(32,6)52(27,7)22-34(53)60/h12,25-26,28-34,36-46,56,58-60,62-66H,8-11,13-24,54H2,1-7H3,(H,55,61)/t26?,28?,29-,30?,31-,32?,33+,34-,36+,37?,38?,39?,40?,41?,42+,43?,44+,45+,46+,49?,50-,51+,52-,53-/m1/s1. The van der Waals surface area contributed by atoms with Crippen molar-refractivity contribution in [3.8, 4) is 0 Å². The maximum absolute atomic E-state index is 15.6. The van der Waals surface area contributed by atoms with Crippen LogP contribution in [0.3, 0.4) is 0 Å². The number of hydrogen-bond donors (Lipinski definition) is 11. The molecule has 4 saturated carbocycles. The number of carbonyl (C=O) groups is 3. The molecule has 20 heteroatoms. The largest absolute Gasteiger partial charge is 0.432 e. The van der Waals surface area contributed by atoms with Crippen LogP contribution in [0, 0.1) is 50.2 Å². The third kappa shape index (κ3) is 9.59. The Morgan fingerprint density at radius 3 is 2.16 bits per heavy atom. The quantitative estimate of drug-likeness (QED) is 0.0491. The molecule has 73 heavy (non-hydrogen) atoms. The first-order valence-electron chi connectivity index (χ1n) is 26.9. The Balaban J connectivity index is 1.10. The summed E-state index contributed by atoms with van der Waals surface area (Å²) in [5, 5.41) is 104. The molecule has 0 radical (unpaired) electrons. The van der Waals surface area contributed by atoms with E-state index in [0.29, 0.717) is 51.5 Å². The van der Waals surface area contributed by atoms with Crippen LogP contribution in [-0.4, -0.2) is 182 Å². The van der Waals surface area contributed by atoms with Gasteiger partial charge in [0, 0.05) is 6.42 Å². The summed E-state index contributed by atoms with van der Waals surface area (Å²) in [6.45, 7) is 13.8. The molecule has 0 aromatic heterocycles. The molecule has 7 fully saturated rings. The average molecular weight is 1040 g/mol. The first-order chi connectivity index (χ1) is 34.3. The van der Waals surface area contributed by atoms with E-state index in [-0.39, 0.29) is 47.3 Å². The second-order valence-electron chi connectivity index (χ2n) is 25.0. The highest BCUT2D eigenvalue weighted by Crippen LogP contribution is 2.76. The Morgan fingerprint density at radius 1 is 0.781 bits per heavy atom. The minimum atomic E-state index is -1.93. The van der Waals surface area contributed by atoms with Crippen molar-refractivity contribution in [2.75, 3.05) is 19.8 Å². The first kappa shape index (κ1) is 56.9. The van der Waals surface area contributed by atoms with Crippen LogP contribution in [0.1, 0.15) is 132 Å². The lowest BCUT2D eigenvalue weighted by molar-refractivity contribution is -0.370. The molecule has 20 nitrogen and oxygen atoms in total. The number of nitrogens with two attached hydrogens (primary N) is 1. The second kappa shape index (κ2) is 21.2. The molecule has 3 heterocycles. The Morgan fingerprint density at radius 2 is 1.48 bits per heavy atom. The Labute approximate surface area is 428 Å². The molecule has 3 saturated heterocycles. The zero-order valence-corrected chi connectivity index (χ0v) is 43.7. The van der Waals surface area contributed by atoms with Gasteiger partial charge in [0.1, 0.15) is 60.5 Å². The summed E-state index contributed by atoms with van der Waals surface area (Å²) in [6.07, 6.45) is -12.8. The number of unbranched alkanes of at least 4 members (excludes halogenated alkanes) is 2. The number of ether oxygens (including phenoxy) is 6. The smallest absolute Gasteiger partial charge is 0.317 e. The van der Waals surface area contributed by atoms with Crippen LogP contribution in [0.15, 0.2) is 11.6 Å². The topological polar surface area (TPSA) is 327 Å². The van der Waals surface area contributed by atoms with Gasteiger partial charge in [-0.05, 0) is 124 Å². The molecule has 3 aliphatic heterocycles. The molecular formula is C53H86N2O18. The van der Waals surface area contributed by atoms with Crippen molar-refractivity contribution >= 4 is 18.2 Å². The van der Waals surface area contributed by atoms with Gasteiger partial charge in [0.25, 0.3) is 0 Å². The number of allylic oxidation sites excluding steroid dienone is 2. The second-order valence-corrected chi connectivity index (χ2v) is 25.0. The van der Waals surface area contributed by atoms with Crippen molar-refractivity contribution in [3.05, 3.63) is 11.6 Å². The van der Waals surface area contributed by atoms with Crippen molar-refractivity contribution in [1.82, 2.24) is 5.32 Å². The van der Waals surface area contributed by atoms with Gasteiger partial charge in [0.15, 0.2) is 18.7 Å². The maximum Gasteiger partial charge on any atom is 0.317 e. The van der Waals surface area contributed by atoms with Crippen LogP contribution in [0.2, 0.25) is 0 Å². The number of aliphatic hydroxyl groups excluding tert-OH is 9. The molecule has 0 spiro atoms. The van der Waals surface area contributed by atoms with Gasteiger partial charge < -0.3 is 90.2 Å². The molecule has 1 amide bonds. The molecule has 5 aliphatic carbocycles. The van der Waals surface area contributed by atoms with Gasteiger partial charge in [-0.25, -0.2) is 0 Å². The summed E-state index contributed by atoms with van der Waals surface area (Å²) < 4.78 is 36.2. The molecule has 416 valence electrons. The van der Waals surface area contributed by atoms with Crippen molar-refractivity contribution in [2.45, 2.75) is 230 Å². The van der Waals surface area contributed by atoms with Gasteiger partial charge in [-0.3, -0.25) is 9.59 Å². The number of carbonyl (C=O) groups excluding carboxylic acids is 3. The Bertz CT molecular complexity index is 2030. The highest BCUT2D eigenvalue weighted by molar-refractivity contribution is 5.80. The number of hydrogen-bond acceptors (Lipinski definition) is 19. The minimum absolute atomic E-state index is 0.0375. The lowest BCUT2D eigenvalue weighted by atomic mass is 9.33. The van der Waals surface area contributed by atoms with Crippen LogP contribution in [0.5, 0.6) is 0 Å². The van der Waals surface area contributed by atoms with E-state index in [1.807, 2.05) is 6.92 Å². The summed E-state index contributed by atoms with van der Waals surface area (Å²) >= 11 is 0. The molecule has 0 bridgehead atoms. The molecule has 11 unspecified atom stereocenters. The molecular weight excluding hydrogens is 953 g/mol. The van der Waals surface area contributed by atoms with E-state index in [4.69, 9.17) is 34.2 Å². The van der Waals surface area contributed by atoms with Gasteiger partial charge in [-0.15, -0.1) is 0 Å². The Hall–Kier alpha value is -2.25. The van der Waals surface area contributed by atoms with E-state index in [0.717, 1.165) is 31.1 Å². The normalized spacial score (nSPS) is 50.5. The minimum Gasteiger partial charge on any atom is -0.432 e. The summed E-state index contributed by atoms with van der Waals surface area (Å²) in [5.41, 5.74) is 2.84. The molecule has 0 aromatic rings. The van der Waals surface area contributed by atoms with Gasteiger partial charge in [-0.2, -0.15) is 0 Å². The van der Waals surface area contributed by atoms with Crippen molar-refractivity contribution in [2.24, 2.45) is 56.0 Å². The molecule has 8 rings (SSSR count). The maximum atomic E-state index is 15.6. The van der Waals surface area contributed by atoms with Crippen LogP contribution in [0.4, 0.5) is 0 Å². The fourth-order valence-corrected chi connectivity index (χ4v) is 15.7. The monoisotopic (exact) mass is 1040 g/mol. The zero-order valence-electron chi connectivity index (χ0n) is 43.7. The van der Waals surface area contributed by atoms with Crippen LogP contribution in [0.25, 0.3) is 0 Å². The van der Waals surface area contributed by atoms with Crippen LogP contribution >= 0.6 is 0 Å². The highest BCUT2D eigenvalue weighted by atomic mass is 16.8. The number of amides is 1. The number of rotatable bonds is 14. The number of nitrogens with one attached hydrogen (secondary N) is 1. The number of esters is 1. The number of fused-ring (bicyclic) bond motifs is 7.